The van der Waals surface area contributed by atoms with Gasteiger partial charge in [0.05, 0.1) is 24.8 Å². The zero-order chi connectivity index (χ0) is 38.9. The van der Waals surface area contributed by atoms with Crippen LogP contribution in [0.2, 0.25) is 5.02 Å². The highest BCUT2D eigenvalue weighted by atomic mass is 35.5. The Bertz CT molecular complexity index is 1680. The maximum Gasteiger partial charge on any atom is 0.306 e. The first kappa shape index (κ1) is 40.2. The number of hydrogen-bond acceptors (Lipinski definition) is 6. The Morgan fingerprint density at radius 2 is 1.58 bits per heavy atom. The van der Waals surface area contributed by atoms with Gasteiger partial charge >= 0.3 is 11.9 Å². The first-order chi connectivity index (χ1) is 24.6. The molecule has 0 aliphatic heterocycles. The number of ketones is 2. The molecule has 8 unspecified atom stereocenters. The summed E-state index contributed by atoms with van der Waals surface area (Å²) >= 11 is 6.09. The minimum Gasteiger partial charge on any atom is -0.481 e. The lowest BCUT2D eigenvalue weighted by Crippen LogP contribution is -2.66. The Morgan fingerprint density at radius 1 is 0.906 bits per heavy atom. The molecule has 0 bridgehead atoms. The molecule has 53 heavy (non-hydrogen) atoms. The lowest BCUT2D eigenvalue weighted by molar-refractivity contribution is -0.233. The van der Waals surface area contributed by atoms with Crippen LogP contribution in [0.3, 0.4) is 0 Å². The van der Waals surface area contributed by atoms with Gasteiger partial charge in [0.25, 0.3) is 0 Å². The molecule has 1 aromatic rings. The zero-order valence-electron chi connectivity index (χ0n) is 33.8. The van der Waals surface area contributed by atoms with Crippen LogP contribution in [0.5, 0.6) is 0 Å². The number of hydrogen-bond donors (Lipinski definition) is 2. The number of rotatable bonds is 11. The number of fused-ring (bicyclic) bond motifs is 7. The molecule has 8 atom stereocenters. The zero-order valence-corrected chi connectivity index (χ0v) is 34.5. The Labute approximate surface area is 322 Å². The van der Waals surface area contributed by atoms with E-state index in [1.54, 1.807) is 0 Å². The molecule has 0 spiro atoms. The number of aliphatic carboxylic acids is 1. The van der Waals surface area contributed by atoms with Gasteiger partial charge in [0.1, 0.15) is 6.10 Å². The smallest absolute Gasteiger partial charge is 0.306 e. The molecule has 5 aliphatic carbocycles. The van der Waals surface area contributed by atoms with Gasteiger partial charge in [-0.05, 0) is 126 Å². The van der Waals surface area contributed by atoms with Crippen molar-refractivity contribution in [1.82, 2.24) is 5.32 Å². The summed E-state index contributed by atoms with van der Waals surface area (Å²) in [4.78, 5) is 53.1. The number of carbonyl (C=O) groups excluding carboxylic acids is 3. The topological polar surface area (TPSA) is 110 Å². The Morgan fingerprint density at radius 3 is 2.23 bits per heavy atom. The monoisotopic (exact) mass is 749 g/mol. The van der Waals surface area contributed by atoms with Crippen molar-refractivity contribution in [3.05, 3.63) is 46.0 Å². The molecule has 0 heterocycles. The van der Waals surface area contributed by atoms with Gasteiger partial charge in [-0.15, -0.1) is 0 Å². The fourth-order valence-corrected chi connectivity index (χ4v) is 13.4. The van der Waals surface area contributed by atoms with Gasteiger partial charge in [0.15, 0.2) is 11.6 Å². The van der Waals surface area contributed by atoms with Crippen LogP contribution in [0.1, 0.15) is 139 Å². The van der Waals surface area contributed by atoms with Crippen LogP contribution in [0.15, 0.2) is 35.4 Å². The van der Waals surface area contributed by atoms with E-state index in [4.69, 9.17) is 16.3 Å². The number of ether oxygens (including phenoxy) is 1. The van der Waals surface area contributed by atoms with Crippen molar-refractivity contribution in [3.8, 4) is 0 Å². The molecule has 0 amide bonds. The summed E-state index contributed by atoms with van der Waals surface area (Å²) in [5.74, 6) is 0.258. The molecule has 0 aromatic heterocycles. The van der Waals surface area contributed by atoms with Gasteiger partial charge in [0, 0.05) is 23.4 Å². The summed E-state index contributed by atoms with van der Waals surface area (Å²) in [6, 6.07) is 7.69. The van der Waals surface area contributed by atoms with E-state index in [-0.39, 0.29) is 76.5 Å². The molecule has 6 rings (SSSR count). The predicted octanol–water partition coefficient (Wildman–Crippen LogP) is 9.78. The molecule has 4 fully saturated rings. The number of Topliss-reactive ketones (excluding diaryl/α,β-unsaturated/α-hetero) is 2. The first-order valence-corrected chi connectivity index (χ1v) is 20.7. The number of carboxylic acids is 1. The van der Waals surface area contributed by atoms with Gasteiger partial charge in [-0.3, -0.25) is 19.2 Å². The molecular weight excluding hydrogens is 686 g/mol. The average Bonchev–Trinajstić information content (AvgIpc) is 3.36. The number of halogens is 1. The molecule has 4 saturated carbocycles. The van der Waals surface area contributed by atoms with E-state index in [0.29, 0.717) is 29.8 Å². The van der Waals surface area contributed by atoms with Gasteiger partial charge in [-0.25, -0.2) is 0 Å². The Kier molecular flexibility index (Phi) is 10.5. The van der Waals surface area contributed by atoms with Crippen molar-refractivity contribution in [3.63, 3.8) is 0 Å². The first-order valence-electron chi connectivity index (χ1n) is 20.3. The van der Waals surface area contributed by atoms with Crippen molar-refractivity contribution >= 4 is 35.1 Å². The Balaban J connectivity index is 1.24. The number of carbonyl (C=O) groups is 4. The maximum absolute atomic E-state index is 14.5. The molecule has 1 aromatic carbocycles. The van der Waals surface area contributed by atoms with E-state index in [1.807, 2.05) is 38.1 Å². The third-order valence-corrected chi connectivity index (χ3v) is 16.2. The maximum atomic E-state index is 14.5. The van der Waals surface area contributed by atoms with Crippen molar-refractivity contribution in [2.75, 3.05) is 6.54 Å². The van der Waals surface area contributed by atoms with Gasteiger partial charge in [-0.1, -0.05) is 86.0 Å². The highest BCUT2D eigenvalue weighted by Crippen LogP contribution is 2.76. The van der Waals surface area contributed by atoms with Gasteiger partial charge in [0.2, 0.25) is 0 Å². The van der Waals surface area contributed by atoms with Crippen LogP contribution in [0.4, 0.5) is 0 Å². The molecule has 7 nitrogen and oxygen atoms in total. The summed E-state index contributed by atoms with van der Waals surface area (Å²) < 4.78 is 6.26. The number of esters is 1. The second-order valence-corrected chi connectivity index (χ2v) is 20.6. The SMILES string of the molecule is CC(C)C1=C2C3CCC4C5(C)CCC(OC(=O)CC(C)(C)CC(=O)O)C(C)(C)C5CCC4(C)C3(C)CCC2(C(=O)CNCc2ccc(Cl)cc2)CC1=O. The second kappa shape index (κ2) is 13.9. The van der Waals surface area contributed by atoms with E-state index >= 15 is 0 Å². The third-order valence-electron chi connectivity index (χ3n) is 16.0. The number of carboxylic acid groups (broad SMARTS) is 1. The standard InChI is InChI=1S/C45H64ClNO6/c1-27(2)38-31(48)22-45(34(49)26-47-25-28-10-12-29(46)13-11-28)21-20-43(8)30(39(38)45)14-15-33-42(7)18-17-35(41(5,6)32(42)16-19-44(33,43)9)53-37(52)24-40(3,4)23-36(50)51/h10-13,27,30,32-33,35,47H,14-26H2,1-9H3,(H,50,51). The van der Waals surface area contributed by atoms with Gasteiger partial charge < -0.3 is 15.2 Å². The van der Waals surface area contributed by atoms with Crippen LogP contribution < -0.4 is 5.32 Å². The van der Waals surface area contributed by atoms with E-state index in [1.165, 1.54) is 5.57 Å². The average molecular weight is 750 g/mol. The van der Waals surface area contributed by atoms with Crippen molar-refractivity contribution < 1.29 is 29.0 Å². The lowest BCUT2D eigenvalue weighted by atomic mass is 9.33. The summed E-state index contributed by atoms with van der Waals surface area (Å²) in [6.07, 6.45) is 7.74. The van der Waals surface area contributed by atoms with Crippen LogP contribution in [0, 0.1) is 56.2 Å². The largest absolute Gasteiger partial charge is 0.481 e. The summed E-state index contributed by atoms with van der Waals surface area (Å²) in [5, 5.41) is 13.4. The molecule has 0 saturated heterocycles. The lowest BCUT2D eigenvalue weighted by Gasteiger charge is -2.72. The number of allylic oxidation sites excluding steroid dienone is 2. The Hall–Kier alpha value is -2.51. The summed E-state index contributed by atoms with van der Waals surface area (Å²) in [6.45, 7) is 20.9. The van der Waals surface area contributed by atoms with Crippen molar-refractivity contribution in [2.45, 2.75) is 146 Å². The molecule has 292 valence electrons. The minimum absolute atomic E-state index is 0.0321. The van der Waals surface area contributed by atoms with E-state index in [0.717, 1.165) is 62.5 Å². The van der Waals surface area contributed by atoms with Crippen LogP contribution >= 0.6 is 11.6 Å². The molecule has 5 aliphatic rings. The molecule has 2 N–H and O–H groups in total. The van der Waals surface area contributed by atoms with Crippen molar-refractivity contribution in [1.29, 1.82) is 0 Å². The highest BCUT2D eigenvalue weighted by Gasteiger charge is 2.71. The molecular formula is C45H64ClNO6. The van der Waals surface area contributed by atoms with E-state index in [9.17, 15) is 24.3 Å². The summed E-state index contributed by atoms with van der Waals surface area (Å²) in [7, 11) is 0. The van der Waals surface area contributed by atoms with Gasteiger partial charge in [-0.2, -0.15) is 0 Å². The second-order valence-electron chi connectivity index (χ2n) is 20.2. The van der Waals surface area contributed by atoms with Crippen molar-refractivity contribution in [2.24, 2.45) is 56.2 Å². The number of benzene rings is 1. The fourth-order valence-electron chi connectivity index (χ4n) is 13.3. The molecule has 0 radical (unpaired) electrons. The quantitative estimate of drug-likeness (QED) is 0.217. The van der Waals surface area contributed by atoms with E-state index < -0.39 is 16.8 Å². The van der Waals surface area contributed by atoms with Crippen LogP contribution in [-0.2, 0) is 30.5 Å². The highest BCUT2D eigenvalue weighted by molar-refractivity contribution is 6.30. The molecule has 8 heteroatoms. The summed E-state index contributed by atoms with van der Waals surface area (Å²) in [5.41, 5.74) is 1.63. The normalized spacial score (nSPS) is 36.3. The number of nitrogens with one attached hydrogen (secondary N) is 1. The van der Waals surface area contributed by atoms with Crippen LogP contribution in [-0.4, -0.2) is 41.3 Å². The minimum atomic E-state index is -0.904. The van der Waals surface area contributed by atoms with Crippen LogP contribution in [0.25, 0.3) is 0 Å². The van der Waals surface area contributed by atoms with E-state index in [2.05, 4.69) is 53.8 Å². The predicted molar refractivity (Wildman–Crippen MR) is 208 cm³/mol. The third kappa shape index (κ3) is 6.66. The fraction of sp³-hybridized carbons (Fsp3) is 0.733.